The molecule has 9 atom stereocenters. The molecule has 2 saturated heterocycles. The van der Waals surface area contributed by atoms with Crippen molar-refractivity contribution in [2.24, 2.45) is 62.6 Å². The number of nitrogens with zero attached hydrogens (tertiary/aromatic N) is 1. The van der Waals surface area contributed by atoms with E-state index in [4.69, 9.17) is 35.9 Å². The third-order valence-electron chi connectivity index (χ3n) is 19.1. The largest absolute Gasteiger partial charge is 0.458 e. The Bertz CT molecular complexity index is 1990. The van der Waals surface area contributed by atoms with Crippen molar-refractivity contribution in [1.82, 2.24) is 4.90 Å². The molecule has 7 fully saturated rings. The van der Waals surface area contributed by atoms with E-state index < -0.39 is 22.0 Å². The third kappa shape index (κ3) is 12.4. The van der Waals surface area contributed by atoms with Gasteiger partial charge in [0.15, 0.2) is 11.2 Å². The highest BCUT2D eigenvalue weighted by atomic mass is 32.1. The highest BCUT2D eigenvalue weighted by Crippen LogP contribution is 2.71. The highest BCUT2D eigenvalue weighted by Gasteiger charge is 2.68. The Kier molecular flexibility index (Phi) is 18.4. The van der Waals surface area contributed by atoms with Crippen molar-refractivity contribution < 1.29 is 52.5 Å². The molecular weight excluding hydrogens is 919 g/mol. The smallest absolute Gasteiger partial charge is 0.312 e. The number of amides is 2. The third-order valence-corrected chi connectivity index (χ3v) is 19.3. The summed E-state index contributed by atoms with van der Waals surface area (Å²) in [5.74, 6) is 4.11. The van der Waals surface area contributed by atoms with Gasteiger partial charge in [0.25, 0.3) is 11.1 Å². The van der Waals surface area contributed by atoms with Gasteiger partial charge in [-0.15, -0.1) is 0 Å². The lowest BCUT2D eigenvalue weighted by Crippen LogP contribution is -2.49. The van der Waals surface area contributed by atoms with E-state index in [1.54, 1.807) is 41.5 Å². The van der Waals surface area contributed by atoms with Crippen molar-refractivity contribution in [2.75, 3.05) is 0 Å². The van der Waals surface area contributed by atoms with Crippen molar-refractivity contribution in [3.8, 4) is 0 Å². The normalized spacial score (nSPS) is 31.2. The van der Waals surface area contributed by atoms with E-state index in [9.17, 15) is 28.8 Å². The number of hydrogen-bond donors (Lipinski definition) is 0. The Balaban J connectivity index is 0.000000208. The first-order chi connectivity index (χ1) is 32.4. The average molecular weight is 1020 g/mol. The van der Waals surface area contributed by atoms with E-state index in [1.165, 1.54) is 38.5 Å². The van der Waals surface area contributed by atoms with Crippen molar-refractivity contribution in [1.29, 1.82) is 0 Å². The fourth-order valence-corrected chi connectivity index (χ4v) is 12.2. The van der Waals surface area contributed by atoms with Crippen molar-refractivity contribution in [2.45, 2.75) is 263 Å². The number of carbonyl (C=O) groups is 6. The summed E-state index contributed by atoms with van der Waals surface area (Å²) in [6.45, 7) is 38.7. The number of rotatable bonds is 12. The minimum atomic E-state index is -1.03. The number of fused-ring (bicyclic) bond motifs is 9. The first kappa shape index (κ1) is 60.5. The molecule has 0 radical (unpaired) electrons. The quantitative estimate of drug-likeness (QED) is 0.0792. The van der Waals surface area contributed by atoms with Crippen LogP contribution in [-0.2, 0) is 52.5 Å². The maximum Gasteiger partial charge on any atom is 0.312 e. The van der Waals surface area contributed by atoms with Crippen LogP contribution in [-0.4, -0.2) is 74.3 Å². The molecule has 12 nitrogen and oxygen atoms in total. The fraction of sp³-hybridized carbons (Fsp3) is 0.879. The van der Waals surface area contributed by atoms with Gasteiger partial charge in [-0.3, -0.25) is 28.8 Å². The Morgan fingerprint density at radius 1 is 0.662 bits per heavy atom. The van der Waals surface area contributed by atoms with Crippen LogP contribution >= 0.6 is 12.2 Å². The number of hydrogen-bond acceptors (Lipinski definition) is 12. The van der Waals surface area contributed by atoms with Gasteiger partial charge in [-0.2, -0.15) is 0 Å². The topological polar surface area (TPSA) is 152 Å². The Labute approximate surface area is 434 Å². The molecule has 7 rings (SSSR count). The number of carbonyl (C=O) groups excluding carboxylic acids is 6. The van der Waals surface area contributed by atoms with E-state index in [0.29, 0.717) is 18.8 Å². The monoisotopic (exact) mass is 1020 g/mol. The van der Waals surface area contributed by atoms with Crippen LogP contribution in [0, 0.1) is 62.6 Å². The molecule has 0 aromatic rings. The molecule has 406 valence electrons. The van der Waals surface area contributed by atoms with Crippen LogP contribution in [0.4, 0.5) is 0 Å². The van der Waals surface area contributed by atoms with Crippen LogP contribution in [0.1, 0.15) is 235 Å². The average Bonchev–Trinajstić information content (AvgIpc) is 4.17. The Morgan fingerprint density at radius 3 is 1.54 bits per heavy atom. The van der Waals surface area contributed by atoms with Crippen molar-refractivity contribution in [3.05, 3.63) is 0 Å². The molecule has 0 aromatic carbocycles. The second-order valence-electron chi connectivity index (χ2n) is 26.7. The summed E-state index contributed by atoms with van der Waals surface area (Å²) in [6.07, 6.45) is 15.1. The molecule has 0 N–H and O–H groups in total. The molecule has 2 amide bonds. The van der Waals surface area contributed by atoms with Gasteiger partial charge in [0, 0.05) is 16.7 Å². The van der Waals surface area contributed by atoms with Crippen molar-refractivity contribution >= 4 is 53.1 Å². The maximum atomic E-state index is 12.7. The zero-order valence-electron chi connectivity index (χ0n) is 48.0. The van der Waals surface area contributed by atoms with E-state index in [-0.39, 0.29) is 80.8 Å². The standard InChI is InChI=1S/C20H32O2.C15H28O2.C12H20O4.C11H17NO3S/c1-5-19(3,4)18(21)22-20(6-2)11-14-10-15(20)17-13-8-7-12(9-13)16(14)17;1-7-14(5,6)12(16)17-15(13(2,3)4)10-8-9-11-15;1-6-11(3,4)10(14)16-12(5)7-9(13)15-8(12)2;1-6-10(2,3)7(13)12-8(14)11(4,5)15-9(12)16/h12-17H,5-11H2,1-4H3;7-11H2,1-6H3;8H,6-7H2,1-5H3;6H2,1-5H3. The van der Waals surface area contributed by atoms with Gasteiger partial charge in [0.05, 0.1) is 22.7 Å². The first-order valence-corrected chi connectivity index (χ1v) is 27.8. The van der Waals surface area contributed by atoms with Gasteiger partial charge < -0.3 is 23.7 Å². The van der Waals surface area contributed by atoms with Gasteiger partial charge in [-0.1, -0.05) is 69.2 Å². The van der Waals surface area contributed by atoms with Gasteiger partial charge in [-0.25, -0.2) is 4.90 Å². The lowest BCUT2D eigenvalue weighted by molar-refractivity contribution is -0.184. The number of thiocarbonyl (C=S) groups is 1. The second-order valence-corrected chi connectivity index (χ2v) is 27.1. The summed E-state index contributed by atoms with van der Waals surface area (Å²) in [6, 6.07) is 0. The van der Waals surface area contributed by atoms with E-state index in [0.717, 1.165) is 73.0 Å². The number of ether oxygens (including phenoxy) is 5. The van der Waals surface area contributed by atoms with Gasteiger partial charge in [0.1, 0.15) is 17.3 Å². The van der Waals surface area contributed by atoms with Crippen LogP contribution in [0.5, 0.6) is 0 Å². The van der Waals surface area contributed by atoms with Crippen LogP contribution in [0.25, 0.3) is 0 Å². The fourth-order valence-electron chi connectivity index (χ4n) is 11.9. The first-order valence-electron chi connectivity index (χ1n) is 27.4. The molecule has 71 heavy (non-hydrogen) atoms. The van der Waals surface area contributed by atoms with Crippen LogP contribution in [0.3, 0.4) is 0 Å². The molecule has 5 saturated carbocycles. The summed E-state index contributed by atoms with van der Waals surface area (Å²) < 4.78 is 28.0. The zero-order valence-corrected chi connectivity index (χ0v) is 48.8. The number of esters is 4. The maximum absolute atomic E-state index is 12.7. The van der Waals surface area contributed by atoms with Gasteiger partial charge in [-0.05, 0) is 201 Å². The summed E-state index contributed by atoms with van der Waals surface area (Å²) >= 11 is 4.92. The van der Waals surface area contributed by atoms with E-state index >= 15 is 0 Å². The predicted octanol–water partition coefficient (Wildman–Crippen LogP) is 13.1. The van der Waals surface area contributed by atoms with Gasteiger partial charge >= 0.3 is 23.9 Å². The molecule has 2 heterocycles. The second kappa shape index (κ2) is 21.6. The lowest BCUT2D eigenvalue weighted by Gasteiger charge is -2.46. The van der Waals surface area contributed by atoms with E-state index in [2.05, 4.69) is 34.6 Å². The predicted molar refractivity (Wildman–Crippen MR) is 280 cm³/mol. The molecule has 9 unspecified atom stereocenters. The minimum absolute atomic E-state index is 0.0307. The van der Waals surface area contributed by atoms with Gasteiger partial charge in [0.2, 0.25) is 5.91 Å². The minimum Gasteiger partial charge on any atom is -0.458 e. The molecule has 4 bridgehead atoms. The SMILES string of the molecule is CCC(C)(C)C(=O)N1C(=O)C(C)(C)OC1=S.CCC(C)(C)C(=O)OC1(C(C)(C)C)CCCC1.CCC(C)(C)C(=O)OC1(C)CC(=O)OC1C.CCC(C)(C)C(=O)OC1(CC)CC2CC1C1C3CCC(C3)C21. The number of cyclic esters (lactones) is 1. The summed E-state index contributed by atoms with van der Waals surface area (Å²) in [5.41, 5.74) is -4.01. The molecule has 13 heteroatoms. The Morgan fingerprint density at radius 2 is 1.13 bits per heavy atom. The summed E-state index contributed by atoms with van der Waals surface area (Å²) in [5, 5.41) is -0.0403. The Hall–Kier alpha value is -3.09. The zero-order chi connectivity index (χ0) is 54.3. The lowest BCUT2D eigenvalue weighted by atomic mass is 9.65. The van der Waals surface area contributed by atoms with Crippen molar-refractivity contribution in [3.63, 3.8) is 0 Å². The molecule has 7 aliphatic rings. The van der Waals surface area contributed by atoms with Crippen LogP contribution in [0.15, 0.2) is 0 Å². The van der Waals surface area contributed by atoms with Crippen LogP contribution < -0.4 is 0 Å². The summed E-state index contributed by atoms with van der Waals surface area (Å²) in [7, 11) is 0. The number of imide groups is 1. The molecule has 0 spiro atoms. The molecule has 2 aliphatic heterocycles. The summed E-state index contributed by atoms with van der Waals surface area (Å²) in [4.78, 5) is 73.1. The molecular formula is C58H97NO11S. The van der Waals surface area contributed by atoms with Crippen LogP contribution in [0.2, 0.25) is 0 Å². The molecule has 0 aromatic heterocycles. The highest BCUT2D eigenvalue weighted by molar-refractivity contribution is 7.80. The molecule has 5 aliphatic carbocycles. The van der Waals surface area contributed by atoms with E-state index in [1.807, 2.05) is 62.3 Å².